The lowest BCUT2D eigenvalue weighted by molar-refractivity contribution is -0.133. The van der Waals surface area contributed by atoms with Gasteiger partial charge < -0.3 is 14.6 Å². The topological polar surface area (TPSA) is 55.8 Å². The molecule has 7 heteroatoms. The van der Waals surface area contributed by atoms with Crippen molar-refractivity contribution in [1.82, 2.24) is 0 Å². The summed E-state index contributed by atoms with van der Waals surface area (Å²) in [6, 6.07) is 0. The van der Waals surface area contributed by atoms with Crippen LogP contribution in [-0.2, 0) is 4.79 Å². The molecule has 0 saturated heterocycles. The Balaban J connectivity index is 2.14. The first-order chi connectivity index (χ1) is 10.1. The van der Waals surface area contributed by atoms with Crippen LogP contribution >= 0.6 is 35.3 Å². The quantitative estimate of drug-likeness (QED) is 0.792. The molecule has 0 amide bonds. The van der Waals surface area contributed by atoms with Crippen LogP contribution in [0.25, 0.3) is 0 Å². The minimum absolute atomic E-state index is 0.00908. The number of fused-ring (bicyclic) bond motifs is 2. The molecule has 0 unspecified atom stereocenters. The van der Waals surface area contributed by atoms with Crippen molar-refractivity contribution in [3.63, 3.8) is 0 Å². The van der Waals surface area contributed by atoms with E-state index in [1.165, 1.54) is 11.8 Å². The van der Waals surface area contributed by atoms with E-state index in [1.54, 1.807) is 23.5 Å². The number of thioether (sulfide) groups is 3. The number of carbonyl (C=O) groups is 1. The number of carboxylic acids is 1. The molecular weight excluding hydrogens is 340 g/mol. The van der Waals surface area contributed by atoms with Gasteiger partial charge in [0, 0.05) is 0 Å². The predicted molar refractivity (Wildman–Crippen MR) is 90.7 cm³/mol. The van der Waals surface area contributed by atoms with E-state index >= 15 is 0 Å². The summed E-state index contributed by atoms with van der Waals surface area (Å²) >= 11 is 4.64. The number of aliphatic carboxylic acids is 1. The molecule has 0 fully saturated rings. The molecule has 2 aliphatic heterocycles. The smallest absolute Gasteiger partial charge is 0.313 e. The molecule has 0 saturated carbocycles. The molecule has 0 spiro atoms. The van der Waals surface area contributed by atoms with Crippen molar-refractivity contribution in [3.05, 3.63) is 5.56 Å². The van der Waals surface area contributed by atoms with E-state index in [9.17, 15) is 4.79 Å². The lowest BCUT2D eigenvalue weighted by Gasteiger charge is -2.19. The first-order valence-corrected chi connectivity index (χ1v) is 9.53. The van der Waals surface area contributed by atoms with Gasteiger partial charge in [0.25, 0.3) is 0 Å². The van der Waals surface area contributed by atoms with Gasteiger partial charge in [0.05, 0.1) is 20.4 Å². The molecular formula is C15H18O4S3. The van der Waals surface area contributed by atoms with Crippen molar-refractivity contribution in [2.75, 3.05) is 5.75 Å². The van der Waals surface area contributed by atoms with Crippen molar-refractivity contribution in [3.8, 4) is 11.5 Å². The Morgan fingerprint density at radius 1 is 1.09 bits per heavy atom. The van der Waals surface area contributed by atoms with Gasteiger partial charge in [0.1, 0.15) is 0 Å². The molecule has 1 N–H and O–H groups in total. The van der Waals surface area contributed by atoms with E-state index in [-0.39, 0.29) is 15.6 Å². The molecule has 1 aromatic carbocycles. The average molecular weight is 359 g/mol. The van der Waals surface area contributed by atoms with E-state index in [2.05, 4.69) is 6.92 Å². The first-order valence-electron chi connectivity index (χ1n) is 6.91. The molecule has 0 atom stereocenters. The lowest BCUT2D eigenvalue weighted by Crippen LogP contribution is -2.19. The third kappa shape index (κ3) is 2.78. The molecule has 22 heavy (non-hydrogen) atoms. The van der Waals surface area contributed by atoms with E-state index < -0.39 is 5.97 Å². The molecule has 0 aliphatic carbocycles. The standard InChI is InChI=1S/C15H18O4S3/c1-7-11-9(18-14(2,3)21-11)13(20-6-8(16)17)10-12(7)22-15(4,5)19-10/h6H2,1-5H3,(H,16,17). The molecule has 0 radical (unpaired) electrons. The van der Waals surface area contributed by atoms with Gasteiger partial charge in [-0.15, -0.1) is 11.8 Å². The second kappa shape index (κ2) is 5.18. The molecule has 120 valence electrons. The van der Waals surface area contributed by atoms with Gasteiger partial charge in [-0.3, -0.25) is 4.79 Å². The van der Waals surface area contributed by atoms with Crippen molar-refractivity contribution in [2.24, 2.45) is 0 Å². The number of benzene rings is 1. The second-order valence-electron chi connectivity index (χ2n) is 6.16. The fraction of sp³-hybridized carbons (Fsp3) is 0.533. The van der Waals surface area contributed by atoms with Gasteiger partial charge in [0.15, 0.2) is 21.4 Å². The summed E-state index contributed by atoms with van der Waals surface area (Å²) in [5, 5.41) is 9.02. The van der Waals surface area contributed by atoms with Gasteiger partial charge in [-0.2, -0.15) is 0 Å². The van der Waals surface area contributed by atoms with Crippen molar-refractivity contribution >= 4 is 41.3 Å². The van der Waals surface area contributed by atoms with E-state index in [4.69, 9.17) is 14.6 Å². The monoisotopic (exact) mass is 358 g/mol. The Bertz CT molecular complexity index is 622. The van der Waals surface area contributed by atoms with Crippen molar-refractivity contribution < 1.29 is 19.4 Å². The summed E-state index contributed by atoms with van der Waals surface area (Å²) in [7, 11) is 0. The van der Waals surface area contributed by atoms with Gasteiger partial charge in [-0.05, 0) is 40.2 Å². The Hall–Kier alpha value is -0.660. The summed E-state index contributed by atoms with van der Waals surface area (Å²) in [6.45, 7) is 10.2. The Kier molecular flexibility index (Phi) is 3.81. The third-order valence-corrected chi connectivity index (χ3v) is 6.83. The van der Waals surface area contributed by atoms with Gasteiger partial charge >= 0.3 is 5.97 Å². The molecule has 0 bridgehead atoms. The maximum atomic E-state index is 11.0. The van der Waals surface area contributed by atoms with E-state index in [0.717, 1.165) is 31.7 Å². The van der Waals surface area contributed by atoms with Gasteiger partial charge in [-0.25, -0.2) is 0 Å². The fourth-order valence-corrected chi connectivity index (χ4v) is 5.70. The Morgan fingerprint density at radius 2 is 1.55 bits per heavy atom. The third-order valence-electron chi connectivity index (χ3n) is 3.24. The zero-order valence-corrected chi connectivity index (χ0v) is 15.6. The largest absolute Gasteiger partial charge is 0.481 e. The Labute approximate surface area is 142 Å². The molecule has 1 aromatic rings. The minimum atomic E-state index is -0.845. The highest BCUT2D eigenvalue weighted by Gasteiger charge is 2.42. The minimum Gasteiger partial charge on any atom is -0.481 e. The normalized spacial score (nSPS) is 20.0. The second-order valence-corrected chi connectivity index (χ2v) is 10.3. The average Bonchev–Trinajstić information content (AvgIpc) is 2.85. The fourth-order valence-electron chi connectivity index (χ4n) is 2.47. The molecule has 4 nitrogen and oxygen atoms in total. The zero-order chi connectivity index (χ0) is 16.3. The van der Waals surface area contributed by atoms with E-state index in [1.807, 2.05) is 27.7 Å². The molecule has 0 aromatic heterocycles. The number of carboxylic acid groups (broad SMARTS) is 1. The van der Waals surface area contributed by atoms with Gasteiger partial charge in [-0.1, -0.05) is 23.5 Å². The van der Waals surface area contributed by atoms with Crippen LogP contribution in [0, 0.1) is 6.92 Å². The number of rotatable bonds is 3. The van der Waals surface area contributed by atoms with Crippen LogP contribution in [-0.4, -0.2) is 26.7 Å². The summed E-state index contributed by atoms with van der Waals surface area (Å²) in [6.07, 6.45) is 0. The van der Waals surface area contributed by atoms with E-state index in [0.29, 0.717) is 0 Å². The summed E-state index contributed by atoms with van der Waals surface area (Å²) in [5.41, 5.74) is 1.16. The summed E-state index contributed by atoms with van der Waals surface area (Å²) in [4.78, 5) is 13.3. The maximum absolute atomic E-state index is 11.0. The number of hydrogen-bond acceptors (Lipinski definition) is 6. The predicted octanol–water partition coefficient (Wildman–Crippen LogP) is 4.61. The zero-order valence-electron chi connectivity index (χ0n) is 13.1. The van der Waals surface area contributed by atoms with Crippen LogP contribution in [0.4, 0.5) is 0 Å². The molecule has 3 rings (SSSR count). The SMILES string of the molecule is Cc1c2c(c(SCC(=O)O)c3c1SC(C)(C)O3)OC(C)(C)S2. The molecule has 2 heterocycles. The Morgan fingerprint density at radius 3 is 1.95 bits per heavy atom. The van der Waals surface area contributed by atoms with Crippen LogP contribution in [0.5, 0.6) is 11.5 Å². The van der Waals surface area contributed by atoms with Crippen LogP contribution in [0.15, 0.2) is 14.7 Å². The maximum Gasteiger partial charge on any atom is 0.313 e. The van der Waals surface area contributed by atoms with Crippen LogP contribution < -0.4 is 9.47 Å². The highest BCUT2D eigenvalue weighted by Crippen LogP contribution is 2.62. The van der Waals surface area contributed by atoms with Crippen LogP contribution in [0.2, 0.25) is 0 Å². The van der Waals surface area contributed by atoms with Crippen LogP contribution in [0.3, 0.4) is 0 Å². The number of ether oxygens (including phenoxy) is 2. The highest BCUT2D eigenvalue weighted by atomic mass is 32.2. The van der Waals surface area contributed by atoms with Crippen molar-refractivity contribution in [1.29, 1.82) is 0 Å². The van der Waals surface area contributed by atoms with Gasteiger partial charge in [0.2, 0.25) is 0 Å². The van der Waals surface area contributed by atoms with Crippen molar-refractivity contribution in [2.45, 2.75) is 59.2 Å². The highest BCUT2D eigenvalue weighted by molar-refractivity contribution is 8.02. The molecule has 2 aliphatic rings. The van der Waals surface area contributed by atoms with Crippen LogP contribution in [0.1, 0.15) is 33.3 Å². The first kappa shape index (κ1) is 16.2. The number of hydrogen-bond donors (Lipinski definition) is 1. The lowest BCUT2D eigenvalue weighted by atomic mass is 10.2. The summed E-state index contributed by atoms with van der Waals surface area (Å²) < 4.78 is 12.2. The summed E-state index contributed by atoms with van der Waals surface area (Å²) in [5.74, 6) is 0.694.